The third-order valence-corrected chi connectivity index (χ3v) is 3.88. The first-order valence-electron chi connectivity index (χ1n) is 6.79. The lowest BCUT2D eigenvalue weighted by Gasteiger charge is -2.29. The number of piperidine rings is 1. The van der Waals surface area contributed by atoms with Gasteiger partial charge >= 0.3 is 0 Å². The number of nitrogens with zero attached hydrogens (tertiary/aromatic N) is 1. The summed E-state index contributed by atoms with van der Waals surface area (Å²) in [6, 6.07) is 5.13. The van der Waals surface area contributed by atoms with Gasteiger partial charge in [0.15, 0.2) is 6.29 Å². The molecule has 0 saturated carbocycles. The fourth-order valence-electron chi connectivity index (χ4n) is 2.31. The van der Waals surface area contributed by atoms with E-state index in [-0.39, 0.29) is 12.4 Å². The van der Waals surface area contributed by atoms with Crippen molar-refractivity contribution in [2.24, 2.45) is 5.92 Å². The van der Waals surface area contributed by atoms with Gasteiger partial charge in [-0.3, -0.25) is 9.69 Å². The maximum Gasteiger partial charge on any atom is 0.153 e. The van der Waals surface area contributed by atoms with Crippen LogP contribution in [0.5, 0.6) is 5.75 Å². The maximum atomic E-state index is 10.9. The zero-order valence-corrected chi connectivity index (χ0v) is 13.3. The van der Waals surface area contributed by atoms with Crippen molar-refractivity contribution in [3.63, 3.8) is 0 Å². The lowest BCUT2D eigenvalue weighted by atomic mass is 9.99. The number of ether oxygens (including phenoxy) is 1. The zero-order valence-electron chi connectivity index (χ0n) is 11.7. The molecule has 1 saturated heterocycles. The predicted octanol–water partition coefficient (Wildman–Crippen LogP) is 3.69. The summed E-state index contributed by atoms with van der Waals surface area (Å²) in [4.78, 5) is 13.3. The first kappa shape index (κ1) is 17.3. The molecule has 0 N–H and O–H groups in total. The van der Waals surface area contributed by atoms with E-state index in [9.17, 15) is 4.79 Å². The number of benzene rings is 1. The molecular weight excluding hydrogens is 297 g/mol. The summed E-state index contributed by atoms with van der Waals surface area (Å²) in [5.74, 6) is 1.46. The molecule has 1 aromatic rings. The van der Waals surface area contributed by atoms with Crippen LogP contribution in [0.1, 0.15) is 30.1 Å². The molecule has 5 heteroatoms. The van der Waals surface area contributed by atoms with Crippen LogP contribution in [0.2, 0.25) is 5.02 Å². The molecule has 0 unspecified atom stereocenters. The van der Waals surface area contributed by atoms with Gasteiger partial charge in [0.1, 0.15) is 12.4 Å². The van der Waals surface area contributed by atoms with Crippen LogP contribution in [0, 0.1) is 5.92 Å². The van der Waals surface area contributed by atoms with E-state index >= 15 is 0 Å². The molecule has 0 amide bonds. The normalized spacial score (nSPS) is 16.5. The predicted molar refractivity (Wildman–Crippen MR) is 84.4 cm³/mol. The third-order valence-electron chi connectivity index (χ3n) is 3.64. The Bertz CT molecular complexity index is 432. The van der Waals surface area contributed by atoms with Gasteiger partial charge in [-0.1, -0.05) is 18.5 Å². The summed E-state index contributed by atoms with van der Waals surface area (Å²) in [5, 5.41) is 0.555. The minimum absolute atomic E-state index is 0. The molecular formula is C15H21Cl2NO2. The van der Waals surface area contributed by atoms with Crippen molar-refractivity contribution in [2.45, 2.75) is 19.8 Å². The minimum Gasteiger partial charge on any atom is -0.492 e. The summed E-state index contributed by atoms with van der Waals surface area (Å²) in [6.07, 6.45) is 3.31. The van der Waals surface area contributed by atoms with E-state index in [1.54, 1.807) is 18.2 Å². The fraction of sp³-hybridized carbons (Fsp3) is 0.533. The van der Waals surface area contributed by atoms with E-state index in [4.69, 9.17) is 16.3 Å². The van der Waals surface area contributed by atoms with Crippen LogP contribution in [0.3, 0.4) is 0 Å². The molecule has 1 fully saturated rings. The number of halogens is 2. The van der Waals surface area contributed by atoms with Crippen molar-refractivity contribution in [2.75, 3.05) is 26.2 Å². The molecule has 1 aliphatic heterocycles. The minimum atomic E-state index is 0. The largest absolute Gasteiger partial charge is 0.492 e. The van der Waals surface area contributed by atoms with Gasteiger partial charge in [-0.25, -0.2) is 0 Å². The van der Waals surface area contributed by atoms with Gasteiger partial charge in [0.05, 0.1) is 5.56 Å². The Kier molecular flexibility index (Phi) is 7.35. The highest BCUT2D eigenvalue weighted by atomic mass is 35.5. The van der Waals surface area contributed by atoms with Crippen molar-refractivity contribution in [3.8, 4) is 5.75 Å². The van der Waals surface area contributed by atoms with Crippen LogP contribution in [-0.2, 0) is 0 Å². The first-order valence-corrected chi connectivity index (χ1v) is 7.16. The quantitative estimate of drug-likeness (QED) is 0.776. The lowest BCUT2D eigenvalue weighted by molar-refractivity contribution is 0.111. The number of likely N-dealkylation sites (tertiary alicyclic amines) is 1. The summed E-state index contributed by atoms with van der Waals surface area (Å²) in [7, 11) is 0. The molecule has 20 heavy (non-hydrogen) atoms. The summed E-state index contributed by atoms with van der Waals surface area (Å²) in [6.45, 7) is 6.11. The molecule has 0 radical (unpaired) electrons. The molecule has 1 aromatic carbocycles. The van der Waals surface area contributed by atoms with E-state index in [0.717, 1.165) is 31.8 Å². The molecule has 2 rings (SSSR count). The molecule has 1 aliphatic rings. The second-order valence-electron chi connectivity index (χ2n) is 5.17. The van der Waals surface area contributed by atoms with E-state index in [1.807, 2.05) is 0 Å². The van der Waals surface area contributed by atoms with Crippen LogP contribution in [-0.4, -0.2) is 37.4 Å². The van der Waals surface area contributed by atoms with E-state index in [0.29, 0.717) is 22.9 Å². The van der Waals surface area contributed by atoms with E-state index in [1.165, 1.54) is 12.8 Å². The lowest BCUT2D eigenvalue weighted by Crippen LogP contribution is -2.35. The Balaban J connectivity index is 0.00000200. The average Bonchev–Trinajstić information content (AvgIpc) is 2.42. The maximum absolute atomic E-state index is 10.9. The van der Waals surface area contributed by atoms with Crippen molar-refractivity contribution < 1.29 is 9.53 Å². The number of hydrogen-bond donors (Lipinski definition) is 0. The zero-order chi connectivity index (χ0) is 13.7. The fourth-order valence-corrected chi connectivity index (χ4v) is 2.49. The smallest absolute Gasteiger partial charge is 0.153 e. The Morgan fingerprint density at radius 2 is 2.10 bits per heavy atom. The van der Waals surface area contributed by atoms with Crippen molar-refractivity contribution >= 4 is 30.3 Å². The highest BCUT2D eigenvalue weighted by Gasteiger charge is 2.15. The Morgan fingerprint density at radius 3 is 2.75 bits per heavy atom. The standard InChI is InChI=1S/C15H20ClNO2.ClH/c1-12-4-6-17(7-5-12)8-9-19-15-3-2-14(16)10-13(15)11-18;/h2-3,10-12H,4-9H2,1H3;1H. The van der Waals surface area contributed by atoms with E-state index < -0.39 is 0 Å². The molecule has 0 aromatic heterocycles. The molecule has 0 aliphatic carbocycles. The highest BCUT2D eigenvalue weighted by Crippen LogP contribution is 2.21. The molecule has 112 valence electrons. The number of rotatable bonds is 5. The van der Waals surface area contributed by atoms with Gasteiger partial charge < -0.3 is 4.74 Å². The summed E-state index contributed by atoms with van der Waals surface area (Å²) < 4.78 is 5.68. The molecule has 0 spiro atoms. The second kappa shape index (κ2) is 8.50. The van der Waals surface area contributed by atoms with Crippen LogP contribution in [0.25, 0.3) is 0 Å². The van der Waals surface area contributed by atoms with Gasteiger partial charge in [0, 0.05) is 11.6 Å². The molecule has 1 heterocycles. The summed E-state index contributed by atoms with van der Waals surface area (Å²) in [5.41, 5.74) is 0.514. The Labute approximate surface area is 131 Å². The van der Waals surface area contributed by atoms with Gasteiger partial charge in [-0.15, -0.1) is 12.4 Å². The van der Waals surface area contributed by atoms with Crippen molar-refractivity contribution in [1.82, 2.24) is 4.90 Å². The van der Waals surface area contributed by atoms with Gasteiger partial charge in [0.25, 0.3) is 0 Å². The van der Waals surface area contributed by atoms with Crippen LogP contribution < -0.4 is 4.74 Å². The number of carbonyl (C=O) groups excluding carboxylic acids is 1. The van der Waals surface area contributed by atoms with Crippen LogP contribution in [0.4, 0.5) is 0 Å². The van der Waals surface area contributed by atoms with Gasteiger partial charge in [-0.2, -0.15) is 0 Å². The SMILES string of the molecule is CC1CCN(CCOc2ccc(Cl)cc2C=O)CC1.Cl. The highest BCUT2D eigenvalue weighted by molar-refractivity contribution is 6.30. The topological polar surface area (TPSA) is 29.5 Å². The summed E-state index contributed by atoms with van der Waals surface area (Å²) >= 11 is 5.84. The van der Waals surface area contributed by atoms with Crippen molar-refractivity contribution in [1.29, 1.82) is 0 Å². The average molecular weight is 318 g/mol. The van der Waals surface area contributed by atoms with Gasteiger partial charge in [-0.05, 0) is 50.0 Å². The first-order chi connectivity index (χ1) is 9.19. The van der Waals surface area contributed by atoms with Crippen LogP contribution >= 0.6 is 24.0 Å². The number of carbonyl (C=O) groups is 1. The monoisotopic (exact) mass is 317 g/mol. The number of hydrogen-bond acceptors (Lipinski definition) is 3. The Morgan fingerprint density at radius 1 is 1.40 bits per heavy atom. The van der Waals surface area contributed by atoms with Gasteiger partial charge in [0.2, 0.25) is 0 Å². The molecule has 0 atom stereocenters. The Hall–Kier alpha value is -0.770. The van der Waals surface area contributed by atoms with E-state index in [2.05, 4.69) is 11.8 Å². The van der Waals surface area contributed by atoms with Crippen molar-refractivity contribution in [3.05, 3.63) is 28.8 Å². The molecule has 3 nitrogen and oxygen atoms in total. The van der Waals surface area contributed by atoms with Crippen LogP contribution in [0.15, 0.2) is 18.2 Å². The third kappa shape index (κ3) is 4.97. The molecule has 0 bridgehead atoms. The second-order valence-corrected chi connectivity index (χ2v) is 5.61. The number of aldehydes is 1.